The molecule has 0 saturated carbocycles. The minimum atomic E-state index is -0.362. The summed E-state index contributed by atoms with van der Waals surface area (Å²) in [6, 6.07) is 16.4. The molecule has 2 aromatic carbocycles. The highest BCUT2D eigenvalue weighted by molar-refractivity contribution is 6.03. The van der Waals surface area contributed by atoms with E-state index in [4.69, 9.17) is 5.26 Å². The van der Waals surface area contributed by atoms with E-state index in [-0.39, 0.29) is 11.6 Å². The van der Waals surface area contributed by atoms with Gasteiger partial charge >= 0.3 is 0 Å². The van der Waals surface area contributed by atoms with E-state index in [9.17, 15) is 4.79 Å². The molecule has 6 heteroatoms. The minimum absolute atomic E-state index is 0.246. The van der Waals surface area contributed by atoms with Crippen molar-refractivity contribution in [3.8, 4) is 6.07 Å². The Labute approximate surface area is 157 Å². The van der Waals surface area contributed by atoms with Crippen LogP contribution < -0.4 is 10.6 Å². The number of anilines is 3. The van der Waals surface area contributed by atoms with E-state index in [1.807, 2.05) is 38.1 Å². The van der Waals surface area contributed by atoms with E-state index in [0.717, 1.165) is 11.3 Å². The summed E-state index contributed by atoms with van der Waals surface area (Å²) in [7, 11) is 0. The third-order valence-corrected chi connectivity index (χ3v) is 4.10. The molecule has 3 rings (SSSR count). The molecule has 27 heavy (non-hydrogen) atoms. The molecular weight excluding hydrogens is 338 g/mol. The number of nitriles is 1. The number of hydrogen-bond acceptors (Lipinski definition) is 5. The van der Waals surface area contributed by atoms with Gasteiger partial charge in [0.2, 0.25) is 5.95 Å². The highest BCUT2D eigenvalue weighted by atomic mass is 16.1. The molecule has 134 valence electrons. The second-order valence-corrected chi connectivity index (χ2v) is 6.29. The monoisotopic (exact) mass is 357 g/mol. The summed E-state index contributed by atoms with van der Waals surface area (Å²) in [5, 5.41) is 14.9. The minimum Gasteiger partial charge on any atom is -0.324 e. The van der Waals surface area contributed by atoms with Crippen LogP contribution in [0.1, 0.15) is 32.9 Å². The summed E-state index contributed by atoms with van der Waals surface area (Å²) in [4.78, 5) is 21.2. The van der Waals surface area contributed by atoms with Crippen molar-refractivity contribution in [2.45, 2.75) is 20.8 Å². The number of amides is 1. The molecule has 0 atom stereocenters. The first kappa shape index (κ1) is 18.1. The van der Waals surface area contributed by atoms with Crippen LogP contribution in [-0.4, -0.2) is 15.9 Å². The first-order valence-electron chi connectivity index (χ1n) is 8.46. The molecule has 6 nitrogen and oxygen atoms in total. The number of aromatic nitrogens is 2. The number of carbonyl (C=O) groups excluding carboxylic acids is 1. The molecule has 0 aliphatic rings. The number of nitrogens with zero attached hydrogens (tertiary/aromatic N) is 3. The molecule has 0 unspecified atom stereocenters. The highest BCUT2D eigenvalue weighted by Gasteiger charge is 2.12. The van der Waals surface area contributed by atoms with E-state index < -0.39 is 0 Å². The Morgan fingerprint density at radius 3 is 2.52 bits per heavy atom. The molecule has 1 heterocycles. The fourth-order valence-corrected chi connectivity index (χ4v) is 2.55. The van der Waals surface area contributed by atoms with Crippen LogP contribution in [-0.2, 0) is 0 Å². The van der Waals surface area contributed by atoms with Crippen LogP contribution in [0.15, 0.2) is 48.5 Å². The maximum Gasteiger partial charge on any atom is 0.274 e. The van der Waals surface area contributed by atoms with Crippen LogP contribution in [0.3, 0.4) is 0 Å². The lowest BCUT2D eigenvalue weighted by atomic mass is 10.1. The Morgan fingerprint density at radius 1 is 0.963 bits per heavy atom. The maximum atomic E-state index is 12.6. The van der Waals surface area contributed by atoms with Gasteiger partial charge in [0, 0.05) is 17.1 Å². The second kappa shape index (κ2) is 7.67. The molecule has 2 N–H and O–H groups in total. The highest BCUT2D eigenvalue weighted by Crippen LogP contribution is 2.18. The normalized spacial score (nSPS) is 10.1. The van der Waals surface area contributed by atoms with Crippen LogP contribution in [0.25, 0.3) is 0 Å². The third kappa shape index (κ3) is 4.47. The molecule has 0 radical (unpaired) electrons. The van der Waals surface area contributed by atoms with E-state index in [1.165, 1.54) is 5.56 Å². The van der Waals surface area contributed by atoms with Crippen molar-refractivity contribution in [3.63, 3.8) is 0 Å². The van der Waals surface area contributed by atoms with Gasteiger partial charge in [0.05, 0.1) is 11.6 Å². The predicted molar refractivity (Wildman–Crippen MR) is 105 cm³/mol. The largest absolute Gasteiger partial charge is 0.324 e. The maximum absolute atomic E-state index is 12.6. The third-order valence-electron chi connectivity index (χ3n) is 4.10. The van der Waals surface area contributed by atoms with Crippen molar-refractivity contribution in [2.24, 2.45) is 0 Å². The molecule has 0 aliphatic heterocycles. The van der Waals surface area contributed by atoms with E-state index >= 15 is 0 Å². The van der Waals surface area contributed by atoms with Gasteiger partial charge < -0.3 is 10.6 Å². The second-order valence-electron chi connectivity index (χ2n) is 6.29. The average Bonchev–Trinajstić information content (AvgIpc) is 2.64. The molecule has 3 aromatic rings. The number of nitrogens with one attached hydrogen (secondary N) is 2. The van der Waals surface area contributed by atoms with Gasteiger partial charge in [0.25, 0.3) is 5.91 Å². The van der Waals surface area contributed by atoms with E-state index in [2.05, 4.69) is 20.6 Å². The molecular formula is C21H19N5O. The number of carbonyl (C=O) groups is 1. The zero-order chi connectivity index (χ0) is 19.4. The molecule has 0 aliphatic carbocycles. The van der Waals surface area contributed by atoms with Crippen molar-refractivity contribution in [1.82, 2.24) is 9.97 Å². The van der Waals surface area contributed by atoms with Gasteiger partial charge in [0.15, 0.2) is 0 Å². The number of rotatable bonds is 4. The van der Waals surface area contributed by atoms with Crippen molar-refractivity contribution >= 4 is 23.2 Å². The number of benzene rings is 2. The van der Waals surface area contributed by atoms with Crippen LogP contribution in [0, 0.1) is 32.1 Å². The smallest absolute Gasteiger partial charge is 0.274 e. The van der Waals surface area contributed by atoms with Gasteiger partial charge in [-0.25, -0.2) is 9.97 Å². The van der Waals surface area contributed by atoms with Gasteiger partial charge in [0.1, 0.15) is 5.69 Å². The van der Waals surface area contributed by atoms with Gasteiger partial charge in [-0.3, -0.25) is 4.79 Å². The Balaban J connectivity index is 1.82. The standard InChI is InChI=1S/C21H19N5O/c1-13-7-8-18(9-14(13)2)25-21-23-15(3)10-19(26-21)20(27)24-17-6-4-5-16(11-17)12-22/h4-11H,1-3H3,(H,24,27)(H,23,25,26). The first-order chi connectivity index (χ1) is 12.9. The molecule has 1 aromatic heterocycles. The zero-order valence-corrected chi connectivity index (χ0v) is 15.4. The fraction of sp³-hybridized carbons (Fsp3) is 0.143. The molecule has 0 bridgehead atoms. The molecule has 0 spiro atoms. The van der Waals surface area contributed by atoms with Crippen molar-refractivity contribution in [2.75, 3.05) is 10.6 Å². The molecule has 0 saturated heterocycles. The van der Waals surface area contributed by atoms with E-state index in [0.29, 0.717) is 22.9 Å². The zero-order valence-electron chi connectivity index (χ0n) is 15.4. The van der Waals surface area contributed by atoms with Crippen LogP contribution in [0.4, 0.5) is 17.3 Å². The van der Waals surface area contributed by atoms with Crippen molar-refractivity contribution in [1.29, 1.82) is 5.26 Å². The Bertz CT molecular complexity index is 1050. The summed E-state index contributed by atoms with van der Waals surface area (Å²) in [6.07, 6.45) is 0. The van der Waals surface area contributed by atoms with Gasteiger partial charge in [-0.2, -0.15) is 5.26 Å². The van der Waals surface area contributed by atoms with E-state index in [1.54, 1.807) is 37.3 Å². The lowest BCUT2D eigenvalue weighted by molar-refractivity contribution is 0.102. The summed E-state index contributed by atoms with van der Waals surface area (Å²) in [5.41, 5.74) is 5.15. The fourth-order valence-electron chi connectivity index (χ4n) is 2.55. The van der Waals surface area contributed by atoms with Crippen LogP contribution in [0.2, 0.25) is 0 Å². The Kier molecular flexibility index (Phi) is 5.13. The van der Waals surface area contributed by atoms with Gasteiger partial charge in [-0.05, 0) is 68.3 Å². The SMILES string of the molecule is Cc1cc(C(=O)Nc2cccc(C#N)c2)nc(Nc2ccc(C)c(C)c2)n1. The summed E-state index contributed by atoms with van der Waals surface area (Å²) >= 11 is 0. The van der Waals surface area contributed by atoms with Crippen molar-refractivity contribution in [3.05, 3.63) is 76.6 Å². The summed E-state index contributed by atoms with van der Waals surface area (Å²) < 4.78 is 0. The topological polar surface area (TPSA) is 90.7 Å². The summed E-state index contributed by atoms with van der Waals surface area (Å²) in [5.74, 6) is -0.00657. The number of hydrogen-bond donors (Lipinski definition) is 2. The quantitative estimate of drug-likeness (QED) is 0.728. The first-order valence-corrected chi connectivity index (χ1v) is 8.46. The van der Waals surface area contributed by atoms with Crippen LogP contribution >= 0.6 is 0 Å². The predicted octanol–water partition coefficient (Wildman–Crippen LogP) is 4.27. The van der Waals surface area contributed by atoms with Crippen LogP contribution in [0.5, 0.6) is 0 Å². The lowest BCUT2D eigenvalue weighted by Gasteiger charge is -2.10. The molecule has 1 amide bonds. The summed E-state index contributed by atoms with van der Waals surface area (Å²) in [6.45, 7) is 5.89. The van der Waals surface area contributed by atoms with Crippen molar-refractivity contribution < 1.29 is 4.79 Å². The lowest BCUT2D eigenvalue weighted by Crippen LogP contribution is -2.15. The van der Waals surface area contributed by atoms with Gasteiger partial charge in [-0.1, -0.05) is 12.1 Å². The number of aryl methyl sites for hydroxylation is 3. The Hall–Kier alpha value is -3.72. The Morgan fingerprint density at radius 2 is 1.78 bits per heavy atom. The average molecular weight is 357 g/mol. The molecule has 0 fully saturated rings. The van der Waals surface area contributed by atoms with Gasteiger partial charge in [-0.15, -0.1) is 0 Å².